The van der Waals surface area contributed by atoms with E-state index in [9.17, 15) is 4.79 Å². The van der Waals surface area contributed by atoms with Crippen LogP contribution in [0.3, 0.4) is 0 Å². The molecular weight excluding hydrogens is 464 g/mol. The Kier molecular flexibility index (Phi) is 8.81. The lowest BCUT2D eigenvalue weighted by atomic mass is 9.77. The molecule has 0 aliphatic carbocycles. The highest BCUT2D eigenvalue weighted by molar-refractivity contribution is 5.80. The number of hydrogen-bond acceptors (Lipinski definition) is 2. The lowest BCUT2D eigenvalue weighted by Gasteiger charge is -2.39. The van der Waals surface area contributed by atoms with Crippen molar-refractivity contribution in [3.63, 3.8) is 0 Å². The third-order valence-corrected chi connectivity index (χ3v) is 7.37. The van der Waals surface area contributed by atoms with Crippen molar-refractivity contribution in [2.24, 2.45) is 5.41 Å². The summed E-state index contributed by atoms with van der Waals surface area (Å²) in [6.45, 7) is 28.1. The number of fused-ring (bicyclic) bond motifs is 3. The SMILES string of the molecule is C=C(/C=C\C(=C/C)c1cc2c(cc1CC)-c1cc(=O)c(C(=C)CCC)cn1C(C(C)(C)C)C2)NC(C)(C)C. The molecule has 1 N–H and O–H groups in total. The summed E-state index contributed by atoms with van der Waals surface area (Å²) in [5, 5.41) is 3.44. The molecule has 1 aliphatic rings. The molecular formula is C35H48N2O. The highest BCUT2D eigenvalue weighted by Gasteiger charge is 2.33. The predicted octanol–water partition coefficient (Wildman–Crippen LogP) is 8.90. The first-order chi connectivity index (χ1) is 17.7. The summed E-state index contributed by atoms with van der Waals surface area (Å²) < 4.78 is 2.36. The van der Waals surface area contributed by atoms with Gasteiger partial charge in [0.2, 0.25) is 0 Å². The van der Waals surface area contributed by atoms with Gasteiger partial charge in [-0.05, 0) is 92.4 Å². The van der Waals surface area contributed by atoms with E-state index in [0.717, 1.165) is 48.2 Å². The highest BCUT2D eigenvalue weighted by atomic mass is 16.1. The van der Waals surface area contributed by atoms with E-state index >= 15 is 0 Å². The zero-order valence-electron chi connectivity index (χ0n) is 25.2. The number of aryl methyl sites for hydroxylation is 1. The first-order valence-corrected chi connectivity index (χ1v) is 14.1. The lowest BCUT2D eigenvalue weighted by Crippen LogP contribution is -2.34. The average Bonchev–Trinajstić information content (AvgIpc) is 2.81. The molecule has 0 saturated carbocycles. The Bertz CT molecular complexity index is 1340. The van der Waals surface area contributed by atoms with Gasteiger partial charge in [-0.3, -0.25) is 4.79 Å². The molecule has 1 atom stereocenters. The molecule has 3 nitrogen and oxygen atoms in total. The zero-order chi connectivity index (χ0) is 28.4. The Morgan fingerprint density at radius 2 is 1.74 bits per heavy atom. The van der Waals surface area contributed by atoms with Crippen molar-refractivity contribution in [2.75, 3.05) is 0 Å². The van der Waals surface area contributed by atoms with Crippen molar-refractivity contribution in [1.29, 1.82) is 0 Å². The Hall–Kier alpha value is -3.07. The number of hydrogen-bond donors (Lipinski definition) is 1. The third-order valence-electron chi connectivity index (χ3n) is 7.37. The van der Waals surface area contributed by atoms with Crippen molar-refractivity contribution in [2.45, 2.75) is 99.6 Å². The van der Waals surface area contributed by atoms with Crippen LogP contribution in [0.5, 0.6) is 0 Å². The highest BCUT2D eigenvalue weighted by Crippen LogP contribution is 2.44. The fraction of sp³-hybridized carbons (Fsp3) is 0.457. The largest absolute Gasteiger partial charge is 0.381 e. The van der Waals surface area contributed by atoms with Gasteiger partial charge in [0.25, 0.3) is 0 Å². The molecule has 0 bridgehead atoms. The van der Waals surface area contributed by atoms with Crippen LogP contribution in [-0.2, 0) is 12.8 Å². The summed E-state index contributed by atoms with van der Waals surface area (Å²) in [4.78, 5) is 13.3. The molecule has 38 heavy (non-hydrogen) atoms. The number of allylic oxidation sites excluding steroid dienone is 5. The van der Waals surface area contributed by atoms with E-state index in [0.29, 0.717) is 0 Å². The van der Waals surface area contributed by atoms with Crippen molar-refractivity contribution >= 4 is 11.1 Å². The Balaban J connectivity index is 2.17. The minimum Gasteiger partial charge on any atom is -0.381 e. The number of nitrogens with zero attached hydrogens (tertiary/aromatic N) is 1. The van der Waals surface area contributed by atoms with Crippen LogP contribution in [0.25, 0.3) is 22.4 Å². The third kappa shape index (κ3) is 6.49. The number of benzene rings is 1. The lowest BCUT2D eigenvalue weighted by molar-refractivity contribution is 0.237. The minimum absolute atomic E-state index is 0.0220. The van der Waals surface area contributed by atoms with E-state index in [2.05, 4.69) is 122 Å². The maximum absolute atomic E-state index is 13.3. The number of rotatable bonds is 8. The summed E-state index contributed by atoms with van der Waals surface area (Å²) in [7, 11) is 0. The minimum atomic E-state index is -0.0336. The summed E-state index contributed by atoms with van der Waals surface area (Å²) >= 11 is 0. The Morgan fingerprint density at radius 3 is 2.29 bits per heavy atom. The predicted molar refractivity (Wildman–Crippen MR) is 166 cm³/mol. The first kappa shape index (κ1) is 29.5. The zero-order valence-corrected chi connectivity index (χ0v) is 25.2. The molecule has 3 heteroatoms. The van der Waals surface area contributed by atoms with Gasteiger partial charge >= 0.3 is 0 Å². The molecule has 2 aromatic rings. The molecule has 1 aromatic heterocycles. The van der Waals surface area contributed by atoms with Crippen LogP contribution in [0.4, 0.5) is 0 Å². The van der Waals surface area contributed by atoms with Gasteiger partial charge in [-0.25, -0.2) is 0 Å². The smallest absolute Gasteiger partial charge is 0.189 e. The van der Waals surface area contributed by atoms with E-state index in [1.165, 1.54) is 27.8 Å². The van der Waals surface area contributed by atoms with Gasteiger partial charge in [0.15, 0.2) is 5.43 Å². The average molecular weight is 513 g/mol. The van der Waals surface area contributed by atoms with Gasteiger partial charge < -0.3 is 9.88 Å². The van der Waals surface area contributed by atoms with E-state index in [1.54, 1.807) is 0 Å². The molecule has 3 rings (SSSR count). The molecule has 1 unspecified atom stereocenters. The van der Waals surface area contributed by atoms with Crippen molar-refractivity contribution in [1.82, 2.24) is 9.88 Å². The van der Waals surface area contributed by atoms with Gasteiger partial charge in [-0.15, -0.1) is 0 Å². The molecule has 1 aromatic carbocycles. The summed E-state index contributed by atoms with van der Waals surface area (Å²) in [6, 6.07) is 6.77. The maximum atomic E-state index is 13.3. The molecule has 0 saturated heterocycles. The van der Waals surface area contributed by atoms with Crippen LogP contribution >= 0.6 is 0 Å². The Labute approximate surface area is 231 Å². The van der Waals surface area contributed by atoms with Gasteiger partial charge in [0.1, 0.15) is 0 Å². The number of pyridine rings is 1. The standard InChI is InChI=1S/C35H48N2O/c1-12-15-23(4)30-22-37-31(21-32(30)38)29-18-26(14-3)28(19-27(29)20-33(37)34(6,7)8)25(13-2)17-16-24(5)36-35(9,10)11/h13,16-19,21-22,33,36H,4-5,12,14-15,20H2,1-3,6-11H3/b17-16-,25-13+. The number of nitrogens with one attached hydrogen (secondary N) is 1. The topological polar surface area (TPSA) is 34.0 Å². The first-order valence-electron chi connectivity index (χ1n) is 14.1. The van der Waals surface area contributed by atoms with Crippen LogP contribution in [0, 0.1) is 5.41 Å². The van der Waals surface area contributed by atoms with Gasteiger partial charge in [0.05, 0.1) is 5.69 Å². The van der Waals surface area contributed by atoms with Crippen molar-refractivity contribution in [3.8, 4) is 11.3 Å². The quantitative estimate of drug-likeness (QED) is 0.358. The second kappa shape index (κ2) is 11.4. The van der Waals surface area contributed by atoms with Gasteiger partial charge in [-0.2, -0.15) is 0 Å². The van der Waals surface area contributed by atoms with Gasteiger partial charge in [0, 0.05) is 40.7 Å². The van der Waals surface area contributed by atoms with Gasteiger partial charge in [-0.1, -0.05) is 72.4 Å². The molecule has 0 amide bonds. The second-order valence-electron chi connectivity index (χ2n) is 12.8. The van der Waals surface area contributed by atoms with Crippen LogP contribution in [0.2, 0.25) is 0 Å². The summed E-state index contributed by atoms with van der Waals surface area (Å²) in [5.41, 5.74) is 9.86. The fourth-order valence-electron chi connectivity index (χ4n) is 5.47. The van der Waals surface area contributed by atoms with Crippen LogP contribution < -0.4 is 10.7 Å². The fourth-order valence-corrected chi connectivity index (χ4v) is 5.47. The van der Waals surface area contributed by atoms with E-state index in [1.807, 2.05) is 6.07 Å². The molecule has 0 radical (unpaired) electrons. The normalized spacial score (nSPS) is 15.8. The van der Waals surface area contributed by atoms with E-state index < -0.39 is 0 Å². The van der Waals surface area contributed by atoms with Crippen LogP contribution in [-0.4, -0.2) is 10.1 Å². The van der Waals surface area contributed by atoms with Crippen LogP contribution in [0.1, 0.15) is 103 Å². The maximum Gasteiger partial charge on any atom is 0.189 e. The molecule has 204 valence electrons. The van der Waals surface area contributed by atoms with Crippen molar-refractivity contribution < 1.29 is 0 Å². The van der Waals surface area contributed by atoms with Crippen LogP contribution in [0.15, 0.2) is 66.3 Å². The van der Waals surface area contributed by atoms with E-state index in [4.69, 9.17) is 0 Å². The molecule has 2 heterocycles. The Morgan fingerprint density at radius 1 is 1.05 bits per heavy atom. The van der Waals surface area contributed by atoms with E-state index in [-0.39, 0.29) is 22.4 Å². The molecule has 0 spiro atoms. The summed E-state index contributed by atoms with van der Waals surface area (Å²) in [5.74, 6) is 0. The second-order valence-corrected chi connectivity index (χ2v) is 12.8. The molecule has 1 aliphatic heterocycles. The summed E-state index contributed by atoms with van der Waals surface area (Å²) in [6.07, 6.45) is 12.1. The number of aromatic nitrogens is 1. The molecule has 0 fully saturated rings. The van der Waals surface area contributed by atoms with Crippen molar-refractivity contribution in [3.05, 3.63) is 94.0 Å². The monoisotopic (exact) mass is 512 g/mol.